The topological polar surface area (TPSA) is 50.9 Å². The van der Waals surface area contributed by atoms with Crippen molar-refractivity contribution in [2.75, 3.05) is 0 Å². The van der Waals surface area contributed by atoms with Crippen LogP contribution in [-0.4, -0.2) is 19.6 Å². The molecule has 0 radical (unpaired) electrons. The highest BCUT2D eigenvalue weighted by Crippen LogP contribution is 2.28. The van der Waals surface area contributed by atoms with Gasteiger partial charge in [-0.2, -0.15) is 0 Å². The summed E-state index contributed by atoms with van der Waals surface area (Å²) in [7, 11) is 0. The molecule has 2 aromatic carbocycles. The molecular weight excluding hydrogens is 397 g/mol. The van der Waals surface area contributed by atoms with Crippen LogP contribution in [0.25, 0.3) is 27.8 Å². The summed E-state index contributed by atoms with van der Waals surface area (Å²) in [5.41, 5.74) is 4.65. The van der Waals surface area contributed by atoms with E-state index in [1.165, 1.54) is 6.20 Å². The summed E-state index contributed by atoms with van der Waals surface area (Å²) in [4.78, 5) is 8.34. The van der Waals surface area contributed by atoms with Crippen molar-refractivity contribution in [1.82, 2.24) is 14.5 Å². The average Bonchev–Trinajstić information content (AvgIpc) is 3.07. The van der Waals surface area contributed by atoms with Crippen LogP contribution in [0.3, 0.4) is 0 Å². The van der Waals surface area contributed by atoms with Gasteiger partial charge in [-0.05, 0) is 64.3 Å². The fourth-order valence-electron chi connectivity index (χ4n) is 2.95. The lowest BCUT2D eigenvalue weighted by Gasteiger charge is -2.09. The Kier molecular flexibility index (Phi) is 4.30. The third kappa shape index (κ3) is 3.02. The minimum absolute atomic E-state index is 0.373. The molecule has 6 heteroatoms. The number of aromatic nitrogens is 3. The van der Waals surface area contributed by atoms with Gasteiger partial charge in [0.05, 0.1) is 23.3 Å². The predicted molar refractivity (Wildman–Crippen MR) is 103 cm³/mol. The van der Waals surface area contributed by atoms with E-state index in [0.717, 1.165) is 27.8 Å². The summed E-state index contributed by atoms with van der Waals surface area (Å²) in [6.07, 6.45) is 2.39. The maximum absolute atomic E-state index is 14.2. The van der Waals surface area contributed by atoms with E-state index in [0.29, 0.717) is 10.2 Å². The summed E-state index contributed by atoms with van der Waals surface area (Å²) in [6.45, 7) is 1.73. The van der Waals surface area contributed by atoms with Gasteiger partial charge < -0.3 is 5.11 Å². The van der Waals surface area contributed by atoms with Gasteiger partial charge in [-0.1, -0.05) is 18.2 Å². The number of fused-ring (bicyclic) bond motifs is 1. The van der Waals surface area contributed by atoms with Crippen molar-refractivity contribution < 1.29 is 9.50 Å². The molecule has 1 atom stereocenters. The maximum atomic E-state index is 14.2. The predicted octanol–water partition coefficient (Wildman–Crippen LogP) is 5.04. The van der Waals surface area contributed by atoms with Crippen LogP contribution in [0.1, 0.15) is 18.6 Å². The molecule has 1 N–H and O–H groups in total. The molecule has 26 heavy (non-hydrogen) atoms. The summed E-state index contributed by atoms with van der Waals surface area (Å²) >= 11 is 3.29. The van der Waals surface area contributed by atoms with E-state index >= 15 is 0 Å². The minimum atomic E-state index is -0.541. The molecule has 0 fully saturated rings. The first kappa shape index (κ1) is 16.9. The average molecular weight is 412 g/mol. The maximum Gasteiger partial charge on any atom is 0.149 e. The second kappa shape index (κ2) is 6.63. The van der Waals surface area contributed by atoms with E-state index in [-0.39, 0.29) is 5.82 Å². The molecule has 2 aromatic heterocycles. The van der Waals surface area contributed by atoms with Crippen LogP contribution in [0, 0.1) is 5.82 Å². The molecule has 0 aliphatic carbocycles. The van der Waals surface area contributed by atoms with Crippen LogP contribution in [0.5, 0.6) is 0 Å². The first-order chi connectivity index (χ1) is 12.5. The van der Waals surface area contributed by atoms with Gasteiger partial charge in [0.2, 0.25) is 0 Å². The number of nitrogens with zero attached hydrogens (tertiary/aromatic N) is 3. The van der Waals surface area contributed by atoms with Gasteiger partial charge in [0.15, 0.2) is 0 Å². The number of halogens is 2. The Labute approximate surface area is 158 Å². The Morgan fingerprint density at radius 2 is 1.96 bits per heavy atom. The third-order valence-electron chi connectivity index (χ3n) is 4.31. The van der Waals surface area contributed by atoms with Gasteiger partial charge in [-0.3, -0.25) is 4.57 Å². The van der Waals surface area contributed by atoms with Gasteiger partial charge in [0.1, 0.15) is 16.7 Å². The summed E-state index contributed by atoms with van der Waals surface area (Å²) in [6, 6.07) is 15.0. The van der Waals surface area contributed by atoms with Crippen molar-refractivity contribution in [2.24, 2.45) is 0 Å². The van der Waals surface area contributed by atoms with E-state index in [9.17, 15) is 9.50 Å². The largest absolute Gasteiger partial charge is 0.389 e. The van der Waals surface area contributed by atoms with Crippen molar-refractivity contribution >= 4 is 27.0 Å². The quantitative estimate of drug-likeness (QED) is 0.480. The Balaban J connectivity index is 1.82. The molecule has 0 aliphatic heterocycles. The van der Waals surface area contributed by atoms with Crippen molar-refractivity contribution in [3.8, 4) is 16.8 Å². The Bertz CT molecular complexity index is 1110. The van der Waals surface area contributed by atoms with E-state index in [1.807, 2.05) is 47.0 Å². The van der Waals surface area contributed by atoms with Crippen LogP contribution in [-0.2, 0) is 0 Å². The number of pyridine rings is 1. The number of aliphatic hydroxyl groups is 1. The van der Waals surface area contributed by atoms with E-state index in [4.69, 9.17) is 0 Å². The Morgan fingerprint density at radius 3 is 2.77 bits per heavy atom. The fourth-order valence-corrected chi connectivity index (χ4v) is 3.28. The third-order valence-corrected chi connectivity index (χ3v) is 4.74. The molecule has 0 amide bonds. The Morgan fingerprint density at radius 1 is 1.12 bits per heavy atom. The molecule has 0 bridgehead atoms. The van der Waals surface area contributed by atoms with Crippen molar-refractivity contribution in [3.05, 3.63) is 77.0 Å². The molecule has 0 aliphatic rings. The van der Waals surface area contributed by atoms with Crippen LogP contribution in [0.15, 0.2) is 65.7 Å². The lowest BCUT2D eigenvalue weighted by atomic mass is 10.1. The number of benzene rings is 2. The van der Waals surface area contributed by atoms with E-state index in [2.05, 4.69) is 25.9 Å². The smallest absolute Gasteiger partial charge is 0.149 e. The number of rotatable bonds is 3. The second-order valence-corrected chi connectivity index (χ2v) is 6.89. The number of aliphatic hydroxyl groups excluding tert-OH is 1. The first-order valence-electron chi connectivity index (χ1n) is 8.10. The standard InChI is InChI=1S/C20H15BrFN3O/c1-12(26)13-5-6-19-18(8-13)24-11-25(19)15-4-2-3-14(7-15)16-9-20(21)23-10-17(16)22/h2-12,26H,1H3/t12-/m1/s1. The van der Waals surface area contributed by atoms with Crippen molar-refractivity contribution in [3.63, 3.8) is 0 Å². The van der Waals surface area contributed by atoms with Crippen LogP contribution < -0.4 is 0 Å². The molecule has 2 heterocycles. The summed E-state index contributed by atoms with van der Waals surface area (Å²) in [5.74, 6) is -0.373. The first-order valence-corrected chi connectivity index (χ1v) is 8.89. The summed E-state index contributed by atoms with van der Waals surface area (Å²) in [5, 5.41) is 9.74. The van der Waals surface area contributed by atoms with Gasteiger partial charge in [-0.25, -0.2) is 14.4 Å². The van der Waals surface area contributed by atoms with Crippen molar-refractivity contribution in [2.45, 2.75) is 13.0 Å². The Hall–Kier alpha value is -2.57. The summed E-state index contributed by atoms with van der Waals surface area (Å²) < 4.78 is 16.7. The SMILES string of the molecule is C[C@@H](O)c1ccc2c(c1)ncn2-c1cccc(-c2cc(Br)ncc2F)c1. The normalized spacial score (nSPS) is 12.5. The second-order valence-electron chi connectivity index (χ2n) is 6.08. The zero-order valence-electron chi connectivity index (χ0n) is 13.9. The molecule has 4 rings (SSSR count). The molecule has 0 spiro atoms. The van der Waals surface area contributed by atoms with E-state index < -0.39 is 6.10 Å². The molecular formula is C20H15BrFN3O. The van der Waals surface area contributed by atoms with Crippen LogP contribution in [0.4, 0.5) is 4.39 Å². The van der Waals surface area contributed by atoms with Gasteiger partial charge in [-0.15, -0.1) is 0 Å². The van der Waals surface area contributed by atoms with E-state index in [1.54, 1.807) is 19.3 Å². The fraction of sp³-hybridized carbons (Fsp3) is 0.100. The van der Waals surface area contributed by atoms with Crippen LogP contribution >= 0.6 is 15.9 Å². The molecule has 4 nitrogen and oxygen atoms in total. The lowest BCUT2D eigenvalue weighted by Crippen LogP contribution is -1.95. The lowest BCUT2D eigenvalue weighted by molar-refractivity contribution is 0.199. The van der Waals surface area contributed by atoms with Crippen molar-refractivity contribution in [1.29, 1.82) is 0 Å². The minimum Gasteiger partial charge on any atom is -0.389 e. The number of hydrogen-bond donors (Lipinski definition) is 1. The monoisotopic (exact) mass is 411 g/mol. The zero-order valence-corrected chi connectivity index (χ0v) is 15.5. The zero-order chi connectivity index (χ0) is 18.3. The highest BCUT2D eigenvalue weighted by Gasteiger charge is 2.11. The van der Waals surface area contributed by atoms with Gasteiger partial charge in [0.25, 0.3) is 0 Å². The highest BCUT2D eigenvalue weighted by molar-refractivity contribution is 9.10. The molecule has 130 valence electrons. The number of imidazole rings is 1. The van der Waals surface area contributed by atoms with Crippen LogP contribution in [0.2, 0.25) is 0 Å². The molecule has 0 unspecified atom stereocenters. The molecule has 0 saturated carbocycles. The number of hydrogen-bond acceptors (Lipinski definition) is 3. The van der Waals surface area contributed by atoms with Gasteiger partial charge >= 0.3 is 0 Å². The highest BCUT2D eigenvalue weighted by atomic mass is 79.9. The molecule has 0 saturated heterocycles. The molecule has 4 aromatic rings. The van der Waals surface area contributed by atoms with Gasteiger partial charge in [0, 0.05) is 11.3 Å².